The minimum atomic E-state index is -0.290. The second kappa shape index (κ2) is 9.16. The summed E-state index contributed by atoms with van der Waals surface area (Å²) in [4.78, 5) is 22.7. The van der Waals surface area contributed by atoms with Gasteiger partial charge in [0, 0.05) is 6.54 Å². The zero-order valence-electron chi connectivity index (χ0n) is 11.0. The van der Waals surface area contributed by atoms with E-state index in [1.54, 1.807) is 13.8 Å². The maximum absolute atomic E-state index is 11.4. The van der Waals surface area contributed by atoms with Crippen LogP contribution >= 0.6 is 12.4 Å². The van der Waals surface area contributed by atoms with E-state index < -0.39 is 0 Å². The van der Waals surface area contributed by atoms with E-state index in [0.29, 0.717) is 19.7 Å². The summed E-state index contributed by atoms with van der Waals surface area (Å²) in [5.74, 6) is 0.143. The maximum atomic E-state index is 11.4. The molecule has 0 aromatic rings. The van der Waals surface area contributed by atoms with Crippen LogP contribution in [0.4, 0.5) is 0 Å². The van der Waals surface area contributed by atoms with Gasteiger partial charge in [-0.15, -0.1) is 12.4 Å². The Morgan fingerprint density at radius 1 is 1.39 bits per heavy atom. The molecular weight excluding hydrogens is 256 g/mol. The van der Waals surface area contributed by atoms with Crippen molar-refractivity contribution in [3.63, 3.8) is 0 Å². The van der Waals surface area contributed by atoms with Crippen LogP contribution in [-0.4, -0.2) is 38.1 Å². The van der Waals surface area contributed by atoms with E-state index in [-0.39, 0.29) is 30.2 Å². The second-order valence-corrected chi connectivity index (χ2v) is 4.53. The minimum Gasteiger partial charge on any atom is -0.466 e. The molecular formula is C12H23ClN2O3. The predicted octanol–water partition coefficient (Wildman–Crippen LogP) is 0.723. The molecule has 2 N–H and O–H groups in total. The lowest BCUT2D eigenvalue weighted by molar-refractivity contribution is -0.147. The van der Waals surface area contributed by atoms with Crippen LogP contribution in [0.2, 0.25) is 0 Å². The fraction of sp³-hybridized carbons (Fsp3) is 0.833. The van der Waals surface area contributed by atoms with Gasteiger partial charge >= 0.3 is 5.97 Å². The van der Waals surface area contributed by atoms with Crippen LogP contribution in [0, 0.1) is 11.8 Å². The van der Waals surface area contributed by atoms with Crippen LogP contribution in [0.5, 0.6) is 0 Å². The summed E-state index contributed by atoms with van der Waals surface area (Å²) in [7, 11) is 0. The molecule has 0 aliphatic heterocycles. The summed E-state index contributed by atoms with van der Waals surface area (Å²) in [6, 6.07) is 0. The molecule has 1 saturated carbocycles. The van der Waals surface area contributed by atoms with Gasteiger partial charge in [0.05, 0.1) is 19.1 Å². The summed E-state index contributed by atoms with van der Waals surface area (Å²) in [6.45, 7) is 5.47. The van der Waals surface area contributed by atoms with E-state index in [2.05, 4.69) is 10.6 Å². The molecule has 0 aromatic heterocycles. The van der Waals surface area contributed by atoms with Crippen molar-refractivity contribution >= 4 is 24.3 Å². The number of esters is 1. The van der Waals surface area contributed by atoms with Crippen LogP contribution in [-0.2, 0) is 14.3 Å². The van der Waals surface area contributed by atoms with Gasteiger partial charge in [-0.05, 0) is 32.2 Å². The molecule has 1 aliphatic carbocycles. The highest BCUT2D eigenvalue weighted by Crippen LogP contribution is 2.27. The van der Waals surface area contributed by atoms with Gasteiger partial charge in [0.2, 0.25) is 5.91 Å². The SMILES string of the molecule is CCOC(=O)C(C)CNC(=O)CNCC1CC1.Cl. The first-order valence-corrected chi connectivity index (χ1v) is 6.27. The molecule has 1 rings (SSSR count). The minimum absolute atomic E-state index is 0. The average Bonchev–Trinajstić information content (AvgIpc) is 3.10. The van der Waals surface area contributed by atoms with E-state index in [1.807, 2.05) is 0 Å². The number of hydrogen-bond acceptors (Lipinski definition) is 4. The van der Waals surface area contributed by atoms with Crippen molar-refractivity contribution in [1.82, 2.24) is 10.6 Å². The molecule has 1 amide bonds. The van der Waals surface area contributed by atoms with Crippen LogP contribution in [0.1, 0.15) is 26.7 Å². The van der Waals surface area contributed by atoms with E-state index in [9.17, 15) is 9.59 Å². The van der Waals surface area contributed by atoms with Crippen molar-refractivity contribution in [3.8, 4) is 0 Å². The topological polar surface area (TPSA) is 67.4 Å². The van der Waals surface area contributed by atoms with Crippen molar-refractivity contribution in [2.24, 2.45) is 11.8 Å². The molecule has 5 nitrogen and oxygen atoms in total. The monoisotopic (exact) mass is 278 g/mol. The number of hydrogen-bond donors (Lipinski definition) is 2. The average molecular weight is 279 g/mol. The first-order chi connectivity index (χ1) is 8.13. The molecule has 1 aliphatic rings. The number of carbonyl (C=O) groups excluding carboxylic acids is 2. The standard InChI is InChI=1S/C12H22N2O3.ClH/c1-3-17-12(16)9(2)6-14-11(15)8-13-7-10-4-5-10;/h9-10,13H,3-8H2,1-2H3,(H,14,15);1H. The summed E-state index contributed by atoms with van der Waals surface area (Å²) in [6.07, 6.45) is 2.54. The Labute approximate surface area is 114 Å². The highest BCUT2D eigenvalue weighted by atomic mass is 35.5. The lowest BCUT2D eigenvalue weighted by Crippen LogP contribution is -2.38. The lowest BCUT2D eigenvalue weighted by Gasteiger charge is -2.11. The van der Waals surface area contributed by atoms with Crippen molar-refractivity contribution in [3.05, 3.63) is 0 Å². The van der Waals surface area contributed by atoms with Crippen LogP contribution in [0.3, 0.4) is 0 Å². The zero-order valence-corrected chi connectivity index (χ0v) is 11.8. The number of amides is 1. The molecule has 1 unspecified atom stereocenters. The molecule has 0 aromatic carbocycles. The van der Waals surface area contributed by atoms with Crippen molar-refractivity contribution in [2.75, 3.05) is 26.2 Å². The second-order valence-electron chi connectivity index (χ2n) is 4.53. The predicted molar refractivity (Wildman–Crippen MR) is 71.6 cm³/mol. The Balaban J connectivity index is 0.00000289. The molecule has 106 valence electrons. The summed E-state index contributed by atoms with van der Waals surface area (Å²) in [5, 5.41) is 5.81. The molecule has 0 heterocycles. The van der Waals surface area contributed by atoms with Gasteiger partial charge in [0.1, 0.15) is 0 Å². The van der Waals surface area contributed by atoms with Crippen molar-refractivity contribution in [2.45, 2.75) is 26.7 Å². The Morgan fingerprint density at radius 3 is 2.61 bits per heavy atom. The zero-order chi connectivity index (χ0) is 12.7. The van der Waals surface area contributed by atoms with Gasteiger partial charge in [-0.1, -0.05) is 6.92 Å². The summed E-state index contributed by atoms with van der Waals surface area (Å²) >= 11 is 0. The number of halogens is 1. The van der Waals surface area contributed by atoms with Gasteiger partial charge in [0.15, 0.2) is 0 Å². The Bertz CT molecular complexity index is 270. The Morgan fingerprint density at radius 2 is 2.06 bits per heavy atom. The van der Waals surface area contributed by atoms with Gasteiger partial charge < -0.3 is 15.4 Å². The maximum Gasteiger partial charge on any atom is 0.310 e. The van der Waals surface area contributed by atoms with Gasteiger partial charge in [-0.25, -0.2) is 0 Å². The third kappa shape index (κ3) is 7.50. The molecule has 0 radical (unpaired) electrons. The fourth-order valence-electron chi connectivity index (χ4n) is 1.41. The van der Waals surface area contributed by atoms with E-state index >= 15 is 0 Å². The quantitative estimate of drug-likeness (QED) is 0.642. The molecule has 6 heteroatoms. The number of carbonyl (C=O) groups is 2. The van der Waals surface area contributed by atoms with Gasteiger partial charge in [0.25, 0.3) is 0 Å². The van der Waals surface area contributed by atoms with Crippen molar-refractivity contribution in [1.29, 1.82) is 0 Å². The number of ether oxygens (including phenoxy) is 1. The molecule has 0 spiro atoms. The highest BCUT2D eigenvalue weighted by molar-refractivity contribution is 5.85. The van der Waals surface area contributed by atoms with Crippen LogP contribution in [0.25, 0.3) is 0 Å². The van der Waals surface area contributed by atoms with E-state index in [0.717, 1.165) is 12.5 Å². The number of rotatable bonds is 8. The molecule has 0 saturated heterocycles. The van der Waals surface area contributed by atoms with Gasteiger partial charge in [-0.2, -0.15) is 0 Å². The van der Waals surface area contributed by atoms with Crippen LogP contribution < -0.4 is 10.6 Å². The highest BCUT2D eigenvalue weighted by Gasteiger charge is 2.20. The summed E-state index contributed by atoms with van der Waals surface area (Å²) in [5.41, 5.74) is 0. The van der Waals surface area contributed by atoms with Crippen molar-refractivity contribution < 1.29 is 14.3 Å². The summed E-state index contributed by atoms with van der Waals surface area (Å²) < 4.78 is 4.85. The number of nitrogens with one attached hydrogen (secondary N) is 2. The molecule has 18 heavy (non-hydrogen) atoms. The Hall–Kier alpha value is -0.810. The van der Waals surface area contributed by atoms with E-state index in [4.69, 9.17) is 4.74 Å². The van der Waals surface area contributed by atoms with E-state index in [1.165, 1.54) is 12.8 Å². The lowest BCUT2D eigenvalue weighted by atomic mass is 10.2. The molecule has 1 atom stereocenters. The van der Waals surface area contributed by atoms with Gasteiger partial charge in [-0.3, -0.25) is 9.59 Å². The van der Waals surface area contributed by atoms with Crippen LogP contribution in [0.15, 0.2) is 0 Å². The molecule has 1 fully saturated rings. The largest absolute Gasteiger partial charge is 0.466 e. The molecule has 0 bridgehead atoms. The third-order valence-electron chi connectivity index (χ3n) is 2.71. The smallest absolute Gasteiger partial charge is 0.310 e. The first kappa shape index (κ1) is 17.2. The third-order valence-corrected chi connectivity index (χ3v) is 2.71. The normalized spacial score (nSPS) is 15.4. The fourth-order valence-corrected chi connectivity index (χ4v) is 1.41. The Kier molecular flexibility index (Phi) is 8.75. The first-order valence-electron chi connectivity index (χ1n) is 6.27.